The minimum absolute atomic E-state index is 0.169. The van der Waals surface area contributed by atoms with E-state index in [9.17, 15) is 10.1 Å². The third-order valence-corrected chi connectivity index (χ3v) is 6.80. The van der Waals surface area contributed by atoms with Crippen LogP contribution in [-0.2, 0) is 24.2 Å². The number of rotatable bonds is 7. The number of aromatic nitrogens is 3. The maximum atomic E-state index is 12.4. The van der Waals surface area contributed by atoms with Gasteiger partial charge in [0.05, 0.1) is 11.3 Å². The molecule has 0 saturated heterocycles. The molecule has 1 aliphatic rings. The molecule has 2 heterocycles. The number of amides is 1. The van der Waals surface area contributed by atoms with E-state index in [4.69, 9.17) is 4.74 Å². The molecular formula is C21H21N5O2S2. The quantitative estimate of drug-likeness (QED) is 0.534. The number of H-pyrrole nitrogens is 1. The first kappa shape index (κ1) is 20.4. The maximum absolute atomic E-state index is 12.4. The highest BCUT2D eigenvalue weighted by molar-refractivity contribution is 7.99. The fraction of sp³-hybridized carbons (Fsp3) is 0.333. The highest BCUT2D eigenvalue weighted by Gasteiger charge is 2.22. The van der Waals surface area contributed by atoms with Gasteiger partial charge in [-0.05, 0) is 55.9 Å². The summed E-state index contributed by atoms with van der Waals surface area (Å²) in [7, 11) is 0. The average Bonchev–Trinajstić information content (AvgIpc) is 3.34. The van der Waals surface area contributed by atoms with Gasteiger partial charge in [-0.1, -0.05) is 23.9 Å². The van der Waals surface area contributed by atoms with Gasteiger partial charge in [-0.3, -0.25) is 9.89 Å². The van der Waals surface area contributed by atoms with Crippen molar-refractivity contribution in [1.82, 2.24) is 15.2 Å². The second-order valence-electron chi connectivity index (χ2n) is 7.03. The molecule has 30 heavy (non-hydrogen) atoms. The summed E-state index contributed by atoms with van der Waals surface area (Å²) in [5.74, 6) is 1.37. The number of aromatic amines is 1. The lowest BCUT2D eigenvalue weighted by Gasteiger charge is -2.09. The second-order valence-corrected chi connectivity index (χ2v) is 9.08. The molecule has 0 spiro atoms. The number of carbonyl (C=O) groups excluding carboxylic acids is 1. The molecule has 2 aromatic heterocycles. The number of benzene rings is 1. The number of aryl methyl sites for hydroxylation is 2. The number of hydrogen-bond donors (Lipinski definition) is 2. The lowest BCUT2D eigenvalue weighted by molar-refractivity contribution is -0.113. The van der Waals surface area contributed by atoms with Crippen molar-refractivity contribution in [2.24, 2.45) is 0 Å². The zero-order valence-corrected chi connectivity index (χ0v) is 18.2. The van der Waals surface area contributed by atoms with Crippen molar-refractivity contribution in [3.05, 3.63) is 51.7 Å². The Morgan fingerprint density at radius 1 is 1.40 bits per heavy atom. The summed E-state index contributed by atoms with van der Waals surface area (Å²) < 4.78 is 5.70. The van der Waals surface area contributed by atoms with Gasteiger partial charge in [0.2, 0.25) is 11.1 Å². The topological polar surface area (TPSA) is 104 Å². The molecule has 2 N–H and O–H groups in total. The first-order chi connectivity index (χ1) is 14.6. The normalized spacial score (nSPS) is 12.8. The van der Waals surface area contributed by atoms with Crippen LogP contribution in [-0.4, -0.2) is 26.8 Å². The highest BCUT2D eigenvalue weighted by atomic mass is 32.2. The first-order valence-electron chi connectivity index (χ1n) is 9.70. The maximum Gasteiger partial charge on any atom is 0.235 e. The predicted octanol–water partition coefficient (Wildman–Crippen LogP) is 4.23. The summed E-state index contributed by atoms with van der Waals surface area (Å²) in [5.41, 5.74) is 2.86. The molecule has 3 aromatic rings. The average molecular weight is 440 g/mol. The summed E-state index contributed by atoms with van der Waals surface area (Å²) >= 11 is 2.77. The number of thioether (sulfide) groups is 1. The van der Waals surface area contributed by atoms with E-state index in [0.717, 1.165) is 42.6 Å². The van der Waals surface area contributed by atoms with Crippen molar-refractivity contribution in [3.8, 4) is 11.8 Å². The molecule has 0 radical (unpaired) electrons. The summed E-state index contributed by atoms with van der Waals surface area (Å²) in [4.78, 5) is 18.0. The van der Waals surface area contributed by atoms with E-state index in [0.29, 0.717) is 21.5 Å². The van der Waals surface area contributed by atoms with Gasteiger partial charge < -0.3 is 10.1 Å². The lowest BCUT2D eigenvalue weighted by atomic mass is 9.96. The number of thiophene rings is 1. The van der Waals surface area contributed by atoms with Gasteiger partial charge in [-0.2, -0.15) is 5.26 Å². The van der Waals surface area contributed by atoms with Gasteiger partial charge in [0, 0.05) is 4.88 Å². The van der Waals surface area contributed by atoms with Crippen LogP contribution in [0.4, 0.5) is 5.00 Å². The highest BCUT2D eigenvalue weighted by Crippen LogP contribution is 2.37. The van der Waals surface area contributed by atoms with Crippen molar-refractivity contribution >= 4 is 34.0 Å². The second kappa shape index (κ2) is 9.32. The summed E-state index contributed by atoms with van der Waals surface area (Å²) in [6.07, 6.45) is 4.15. The molecule has 9 heteroatoms. The molecule has 1 aromatic carbocycles. The van der Waals surface area contributed by atoms with Gasteiger partial charge in [0.15, 0.2) is 5.82 Å². The Bertz CT molecular complexity index is 1100. The molecule has 0 unspecified atom stereocenters. The van der Waals surface area contributed by atoms with Crippen LogP contribution in [0.25, 0.3) is 0 Å². The smallest absolute Gasteiger partial charge is 0.235 e. The minimum atomic E-state index is -0.169. The monoisotopic (exact) mass is 439 g/mol. The number of nitrogens with zero attached hydrogens (tertiary/aromatic N) is 3. The van der Waals surface area contributed by atoms with E-state index in [1.165, 1.54) is 28.0 Å². The Kier molecular flexibility index (Phi) is 6.35. The van der Waals surface area contributed by atoms with Gasteiger partial charge in [0.25, 0.3) is 0 Å². The van der Waals surface area contributed by atoms with E-state index in [1.807, 2.05) is 31.2 Å². The number of hydrogen-bond acceptors (Lipinski definition) is 7. The lowest BCUT2D eigenvalue weighted by Crippen LogP contribution is -2.14. The standard InChI is InChI=1S/C21H21N5O2S2/c1-13-5-4-6-14(9-13)28-11-18-23-21(26-25-18)29-12-19(27)24-20-16(10-22)15-7-2-3-8-17(15)30-20/h4-6,9H,2-3,7-8,11-12H2,1H3,(H,24,27)(H,23,25,26). The van der Waals surface area contributed by atoms with Crippen LogP contribution < -0.4 is 10.1 Å². The van der Waals surface area contributed by atoms with Crippen LogP contribution in [0.3, 0.4) is 0 Å². The van der Waals surface area contributed by atoms with Crippen molar-refractivity contribution in [1.29, 1.82) is 5.26 Å². The number of ether oxygens (including phenoxy) is 1. The third kappa shape index (κ3) is 4.83. The van der Waals surface area contributed by atoms with Crippen molar-refractivity contribution in [3.63, 3.8) is 0 Å². The number of anilines is 1. The summed E-state index contributed by atoms with van der Waals surface area (Å²) in [6.45, 7) is 2.28. The zero-order chi connectivity index (χ0) is 20.9. The van der Waals surface area contributed by atoms with Gasteiger partial charge >= 0.3 is 0 Å². The number of carbonyl (C=O) groups is 1. The van der Waals surface area contributed by atoms with E-state index < -0.39 is 0 Å². The molecule has 1 amide bonds. The molecule has 7 nitrogen and oxygen atoms in total. The Morgan fingerprint density at radius 3 is 3.10 bits per heavy atom. The Balaban J connectivity index is 1.30. The van der Waals surface area contributed by atoms with Crippen molar-refractivity contribution in [2.45, 2.75) is 44.4 Å². The number of fused-ring (bicyclic) bond motifs is 1. The first-order valence-corrected chi connectivity index (χ1v) is 11.5. The van der Waals surface area contributed by atoms with Crippen LogP contribution in [0.2, 0.25) is 0 Å². The predicted molar refractivity (Wildman–Crippen MR) is 117 cm³/mol. The van der Waals surface area contributed by atoms with E-state index >= 15 is 0 Å². The van der Waals surface area contributed by atoms with Crippen LogP contribution in [0, 0.1) is 18.3 Å². The van der Waals surface area contributed by atoms with E-state index in [-0.39, 0.29) is 18.3 Å². The third-order valence-electron chi connectivity index (χ3n) is 4.74. The minimum Gasteiger partial charge on any atom is -0.486 e. The largest absolute Gasteiger partial charge is 0.486 e. The number of nitriles is 1. The molecule has 1 aliphatic carbocycles. The SMILES string of the molecule is Cc1cccc(OCc2nc(SCC(=O)Nc3sc4c(c3C#N)CCCC4)n[nH]2)c1. The van der Waals surface area contributed by atoms with Crippen LogP contribution in [0.15, 0.2) is 29.4 Å². The zero-order valence-electron chi connectivity index (χ0n) is 16.5. The fourth-order valence-electron chi connectivity index (χ4n) is 3.33. The van der Waals surface area contributed by atoms with E-state index in [1.54, 1.807) is 0 Å². The van der Waals surface area contributed by atoms with Crippen LogP contribution in [0.5, 0.6) is 5.75 Å². The van der Waals surface area contributed by atoms with Crippen LogP contribution in [0.1, 0.15) is 40.2 Å². The molecule has 0 aliphatic heterocycles. The Labute approximate surface area is 182 Å². The molecule has 0 fully saturated rings. The van der Waals surface area contributed by atoms with Crippen molar-refractivity contribution in [2.75, 3.05) is 11.1 Å². The molecule has 154 valence electrons. The van der Waals surface area contributed by atoms with Gasteiger partial charge in [-0.15, -0.1) is 16.4 Å². The van der Waals surface area contributed by atoms with Crippen LogP contribution >= 0.6 is 23.1 Å². The van der Waals surface area contributed by atoms with E-state index in [2.05, 4.69) is 26.6 Å². The number of nitrogens with one attached hydrogen (secondary N) is 2. The molecule has 4 rings (SSSR count). The fourth-order valence-corrected chi connectivity index (χ4v) is 5.20. The molecule has 0 saturated carbocycles. The summed E-state index contributed by atoms with van der Waals surface area (Å²) in [6, 6.07) is 10.0. The molecule has 0 atom stereocenters. The van der Waals surface area contributed by atoms with Gasteiger partial charge in [-0.25, -0.2) is 4.98 Å². The Morgan fingerprint density at radius 2 is 2.27 bits per heavy atom. The molecule has 0 bridgehead atoms. The van der Waals surface area contributed by atoms with Crippen molar-refractivity contribution < 1.29 is 9.53 Å². The Hall–Kier alpha value is -2.83. The van der Waals surface area contributed by atoms with Gasteiger partial charge in [0.1, 0.15) is 23.4 Å². The summed E-state index contributed by atoms with van der Waals surface area (Å²) in [5, 5.41) is 20.5. The molecular weight excluding hydrogens is 418 g/mol.